The first-order valence-electron chi connectivity index (χ1n) is 5.41. The first kappa shape index (κ1) is 13.4. The van der Waals surface area contributed by atoms with Crippen molar-refractivity contribution in [3.05, 3.63) is 41.5 Å². The number of aliphatic hydroxyl groups is 1. The van der Waals surface area contributed by atoms with Crippen LogP contribution in [-0.2, 0) is 11.3 Å². The van der Waals surface area contributed by atoms with Crippen LogP contribution in [0, 0.1) is 0 Å². The second-order valence-electron chi connectivity index (χ2n) is 3.87. The van der Waals surface area contributed by atoms with E-state index in [2.05, 4.69) is 0 Å². The van der Waals surface area contributed by atoms with E-state index in [1.807, 2.05) is 36.2 Å². The minimum absolute atomic E-state index is 0.149. The highest BCUT2D eigenvalue weighted by molar-refractivity contribution is 5.85. The van der Waals surface area contributed by atoms with Gasteiger partial charge in [-0.15, -0.1) is 0 Å². The first-order chi connectivity index (χ1) is 8.11. The van der Waals surface area contributed by atoms with E-state index in [9.17, 15) is 4.79 Å². The topological polar surface area (TPSA) is 60.8 Å². The van der Waals surface area contributed by atoms with Gasteiger partial charge < -0.3 is 10.2 Å². The lowest BCUT2D eigenvalue weighted by Crippen LogP contribution is -2.21. The summed E-state index contributed by atoms with van der Waals surface area (Å²) in [6, 6.07) is 7.66. The zero-order valence-corrected chi connectivity index (χ0v) is 9.84. The third kappa shape index (κ3) is 5.29. The van der Waals surface area contributed by atoms with Crippen LogP contribution in [-0.4, -0.2) is 41.3 Å². The Labute approximate surface area is 101 Å². The van der Waals surface area contributed by atoms with Crippen LogP contribution in [0.4, 0.5) is 0 Å². The molecule has 0 saturated heterocycles. The molecule has 0 amide bonds. The number of aliphatic hydroxyl groups excluding tert-OH is 1. The Morgan fingerprint density at radius 3 is 2.53 bits per heavy atom. The molecule has 0 aliphatic rings. The number of hydrogen-bond donors (Lipinski definition) is 2. The smallest absolute Gasteiger partial charge is 0.328 e. The zero-order chi connectivity index (χ0) is 12.7. The van der Waals surface area contributed by atoms with Crippen molar-refractivity contribution < 1.29 is 15.0 Å². The quantitative estimate of drug-likeness (QED) is 0.728. The number of hydrogen-bond acceptors (Lipinski definition) is 3. The monoisotopic (exact) mass is 235 g/mol. The van der Waals surface area contributed by atoms with Crippen molar-refractivity contribution >= 4 is 12.0 Å². The van der Waals surface area contributed by atoms with Crippen LogP contribution in [0.1, 0.15) is 11.1 Å². The molecule has 2 N–H and O–H groups in total. The summed E-state index contributed by atoms with van der Waals surface area (Å²) in [6.07, 6.45) is 2.68. The predicted octanol–water partition coefficient (Wildman–Crippen LogP) is 1.21. The Morgan fingerprint density at radius 1 is 1.35 bits per heavy atom. The molecule has 0 radical (unpaired) electrons. The maximum atomic E-state index is 10.3. The largest absolute Gasteiger partial charge is 0.478 e. The van der Waals surface area contributed by atoms with Gasteiger partial charge in [-0.25, -0.2) is 4.79 Å². The van der Waals surface area contributed by atoms with Crippen molar-refractivity contribution in [2.45, 2.75) is 6.54 Å². The van der Waals surface area contributed by atoms with Crippen LogP contribution < -0.4 is 0 Å². The van der Waals surface area contributed by atoms with E-state index in [1.54, 1.807) is 6.08 Å². The molecule has 0 aliphatic heterocycles. The van der Waals surface area contributed by atoms with Crippen LogP contribution in [0.3, 0.4) is 0 Å². The van der Waals surface area contributed by atoms with E-state index in [0.29, 0.717) is 6.54 Å². The number of carboxylic acid groups (broad SMARTS) is 1. The minimum Gasteiger partial charge on any atom is -0.478 e. The van der Waals surface area contributed by atoms with Crippen LogP contribution in [0.5, 0.6) is 0 Å². The molecule has 0 saturated carbocycles. The lowest BCUT2D eigenvalue weighted by molar-refractivity contribution is -0.131. The molecule has 4 nitrogen and oxygen atoms in total. The van der Waals surface area contributed by atoms with Gasteiger partial charge in [0.05, 0.1) is 6.61 Å². The number of rotatable bonds is 6. The molecular weight excluding hydrogens is 218 g/mol. The highest BCUT2D eigenvalue weighted by atomic mass is 16.4. The highest BCUT2D eigenvalue weighted by Crippen LogP contribution is 2.08. The molecule has 0 unspecified atom stereocenters. The van der Waals surface area contributed by atoms with Crippen molar-refractivity contribution in [3.63, 3.8) is 0 Å². The molecule has 92 valence electrons. The Morgan fingerprint density at radius 2 is 2.00 bits per heavy atom. The van der Waals surface area contributed by atoms with Gasteiger partial charge in [0.2, 0.25) is 0 Å². The second-order valence-corrected chi connectivity index (χ2v) is 3.87. The summed E-state index contributed by atoms with van der Waals surface area (Å²) >= 11 is 0. The fourth-order valence-corrected chi connectivity index (χ4v) is 1.46. The van der Waals surface area contributed by atoms with E-state index in [1.165, 1.54) is 0 Å². The fourth-order valence-electron chi connectivity index (χ4n) is 1.46. The Kier molecular flexibility index (Phi) is 5.39. The van der Waals surface area contributed by atoms with Gasteiger partial charge in [-0.1, -0.05) is 24.3 Å². The molecule has 17 heavy (non-hydrogen) atoms. The summed E-state index contributed by atoms with van der Waals surface area (Å²) in [7, 11) is 1.94. The predicted molar refractivity (Wildman–Crippen MR) is 66.5 cm³/mol. The summed E-state index contributed by atoms with van der Waals surface area (Å²) in [6.45, 7) is 1.56. The van der Waals surface area contributed by atoms with Gasteiger partial charge in [0.1, 0.15) is 0 Å². The Bertz CT molecular complexity index is 384. The molecule has 1 aromatic carbocycles. The summed E-state index contributed by atoms with van der Waals surface area (Å²) in [5.41, 5.74) is 1.99. The van der Waals surface area contributed by atoms with Gasteiger partial charge in [-0.05, 0) is 24.3 Å². The van der Waals surface area contributed by atoms with Crippen LogP contribution >= 0.6 is 0 Å². The molecule has 0 bridgehead atoms. The zero-order valence-electron chi connectivity index (χ0n) is 9.84. The lowest BCUT2D eigenvalue weighted by atomic mass is 10.1. The second kappa shape index (κ2) is 6.83. The summed E-state index contributed by atoms with van der Waals surface area (Å²) in [5, 5.41) is 17.3. The van der Waals surface area contributed by atoms with Gasteiger partial charge in [0.15, 0.2) is 0 Å². The number of nitrogens with zero attached hydrogens (tertiary/aromatic N) is 1. The molecular formula is C13H17NO3. The third-order valence-electron chi connectivity index (χ3n) is 2.33. The van der Waals surface area contributed by atoms with E-state index in [0.717, 1.165) is 23.7 Å². The third-order valence-corrected chi connectivity index (χ3v) is 2.33. The summed E-state index contributed by atoms with van der Waals surface area (Å²) < 4.78 is 0. The van der Waals surface area contributed by atoms with E-state index in [-0.39, 0.29) is 6.61 Å². The van der Waals surface area contributed by atoms with Crippen LogP contribution in [0.15, 0.2) is 30.3 Å². The average Bonchev–Trinajstić information content (AvgIpc) is 2.28. The van der Waals surface area contributed by atoms with Gasteiger partial charge in [-0.2, -0.15) is 0 Å². The van der Waals surface area contributed by atoms with E-state index >= 15 is 0 Å². The number of carboxylic acids is 1. The standard InChI is InChI=1S/C13H17NO3/c1-14(8-9-15)10-12-4-2-11(3-5-12)6-7-13(16)17/h2-7,15H,8-10H2,1H3,(H,16,17)/b7-6+. The molecule has 0 spiro atoms. The first-order valence-corrected chi connectivity index (χ1v) is 5.41. The molecule has 0 atom stereocenters. The van der Waals surface area contributed by atoms with E-state index in [4.69, 9.17) is 10.2 Å². The van der Waals surface area contributed by atoms with Crippen molar-refractivity contribution in [1.82, 2.24) is 4.90 Å². The molecule has 0 heterocycles. The SMILES string of the molecule is CN(CCO)Cc1ccc(/C=C/C(=O)O)cc1. The molecule has 0 fully saturated rings. The van der Waals surface area contributed by atoms with Gasteiger partial charge in [-0.3, -0.25) is 4.90 Å². The van der Waals surface area contributed by atoms with Gasteiger partial charge in [0.25, 0.3) is 0 Å². The van der Waals surface area contributed by atoms with Gasteiger partial charge >= 0.3 is 5.97 Å². The molecule has 1 aromatic rings. The van der Waals surface area contributed by atoms with E-state index < -0.39 is 5.97 Å². The van der Waals surface area contributed by atoms with Crippen LogP contribution in [0.25, 0.3) is 6.08 Å². The maximum absolute atomic E-state index is 10.3. The Balaban J connectivity index is 2.58. The number of aliphatic carboxylic acids is 1. The average molecular weight is 235 g/mol. The normalized spacial score (nSPS) is 11.2. The summed E-state index contributed by atoms with van der Waals surface area (Å²) in [4.78, 5) is 12.4. The van der Waals surface area contributed by atoms with Crippen LogP contribution in [0.2, 0.25) is 0 Å². The Hall–Kier alpha value is -1.65. The maximum Gasteiger partial charge on any atom is 0.328 e. The van der Waals surface area contributed by atoms with Crippen molar-refractivity contribution in [3.8, 4) is 0 Å². The number of benzene rings is 1. The van der Waals surface area contributed by atoms with Gasteiger partial charge in [0, 0.05) is 19.2 Å². The lowest BCUT2D eigenvalue weighted by Gasteiger charge is -2.14. The molecule has 1 rings (SSSR count). The number of likely N-dealkylation sites (N-methyl/N-ethyl adjacent to an activating group) is 1. The number of carbonyl (C=O) groups is 1. The highest BCUT2D eigenvalue weighted by Gasteiger charge is 1.99. The van der Waals surface area contributed by atoms with Crippen molar-refractivity contribution in [1.29, 1.82) is 0 Å². The van der Waals surface area contributed by atoms with Crippen molar-refractivity contribution in [2.75, 3.05) is 20.2 Å². The molecule has 4 heteroatoms. The summed E-state index contributed by atoms with van der Waals surface area (Å²) in [5.74, 6) is -0.947. The molecule has 0 aromatic heterocycles. The minimum atomic E-state index is -0.947. The fraction of sp³-hybridized carbons (Fsp3) is 0.308. The molecule has 0 aliphatic carbocycles. The van der Waals surface area contributed by atoms with Crippen molar-refractivity contribution in [2.24, 2.45) is 0 Å².